The van der Waals surface area contributed by atoms with E-state index in [1.807, 2.05) is 0 Å². The van der Waals surface area contributed by atoms with Crippen LogP contribution in [-0.4, -0.2) is 30.1 Å². The van der Waals surface area contributed by atoms with Crippen molar-refractivity contribution in [3.05, 3.63) is 52.1 Å². The molecule has 1 amide bonds. The highest BCUT2D eigenvalue weighted by Gasteiger charge is 2.25. The smallest absolute Gasteiger partial charge is 0.278 e. The summed E-state index contributed by atoms with van der Waals surface area (Å²) in [5, 5.41) is 3.01. The third-order valence-corrected chi connectivity index (χ3v) is 4.58. The quantitative estimate of drug-likeness (QED) is 0.590. The Bertz CT molecular complexity index is 1030. The molecule has 0 aliphatic heterocycles. The van der Waals surface area contributed by atoms with Gasteiger partial charge in [0.15, 0.2) is 23.0 Å². The number of anilines is 1. The van der Waals surface area contributed by atoms with Crippen LogP contribution in [0.1, 0.15) is 29.2 Å². The second kappa shape index (κ2) is 8.69. The van der Waals surface area contributed by atoms with Crippen LogP contribution in [0.2, 0.25) is 10.0 Å². The lowest BCUT2D eigenvalue weighted by Crippen LogP contribution is -2.17. The zero-order valence-corrected chi connectivity index (χ0v) is 17.3. The summed E-state index contributed by atoms with van der Waals surface area (Å²) in [5.41, 5.74) is 6.81. The highest BCUT2D eigenvalue weighted by Crippen LogP contribution is 2.34. The van der Waals surface area contributed by atoms with Crippen LogP contribution in [0.3, 0.4) is 0 Å². The molecule has 1 atom stereocenters. The number of amides is 1. The number of hydrogen-bond donors (Lipinski definition) is 2. The van der Waals surface area contributed by atoms with E-state index in [2.05, 4.69) is 15.3 Å². The molecule has 0 aliphatic rings. The summed E-state index contributed by atoms with van der Waals surface area (Å²) in [6, 6.07) is 4.55. The number of halogens is 2. The number of aromatic nitrogens is 2. The second-order valence-corrected chi connectivity index (χ2v) is 6.84. The molecule has 0 bridgehead atoms. The number of carbonyl (C=O) groups excluding carboxylic acids is 1. The van der Waals surface area contributed by atoms with Crippen LogP contribution < -0.4 is 20.5 Å². The zero-order valence-electron chi connectivity index (χ0n) is 15.8. The van der Waals surface area contributed by atoms with Gasteiger partial charge in [-0.1, -0.05) is 23.2 Å². The van der Waals surface area contributed by atoms with E-state index in [0.717, 1.165) is 0 Å². The van der Waals surface area contributed by atoms with Crippen LogP contribution in [0, 0.1) is 0 Å². The van der Waals surface area contributed by atoms with Crippen LogP contribution in [0.5, 0.6) is 11.5 Å². The van der Waals surface area contributed by atoms with Gasteiger partial charge in [-0.2, -0.15) is 0 Å². The Labute approximate surface area is 176 Å². The molecule has 1 aromatic carbocycles. The summed E-state index contributed by atoms with van der Waals surface area (Å²) in [5.74, 6) is 0.897. The fourth-order valence-electron chi connectivity index (χ4n) is 2.60. The molecular weight excluding hydrogens is 419 g/mol. The minimum Gasteiger partial charge on any atom is -0.493 e. The molecule has 2 heterocycles. The molecule has 0 fully saturated rings. The number of oxazole rings is 1. The number of carbonyl (C=O) groups is 1. The van der Waals surface area contributed by atoms with Gasteiger partial charge in [0.2, 0.25) is 5.89 Å². The van der Waals surface area contributed by atoms with Gasteiger partial charge in [0.05, 0.1) is 36.0 Å². The molecule has 2 aromatic heterocycles. The third-order valence-electron chi connectivity index (χ3n) is 4.00. The Morgan fingerprint density at radius 1 is 1.17 bits per heavy atom. The van der Waals surface area contributed by atoms with Crippen molar-refractivity contribution in [1.29, 1.82) is 0 Å². The van der Waals surface area contributed by atoms with Crippen molar-refractivity contribution in [2.45, 2.75) is 13.0 Å². The van der Waals surface area contributed by atoms with Gasteiger partial charge in [-0.3, -0.25) is 9.78 Å². The van der Waals surface area contributed by atoms with Crippen LogP contribution in [0.15, 0.2) is 35.0 Å². The maximum Gasteiger partial charge on any atom is 0.278 e. The largest absolute Gasteiger partial charge is 0.493 e. The minimum absolute atomic E-state index is 0.0220. The number of pyridine rings is 1. The number of nitrogens with two attached hydrogens (primary N) is 1. The van der Waals surface area contributed by atoms with Crippen molar-refractivity contribution in [1.82, 2.24) is 9.97 Å². The van der Waals surface area contributed by atoms with Gasteiger partial charge in [0.25, 0.3) is 5.91 Å². The predicted octanol–water partition coefficient (Wildman–Crippen LogP) is 4.33. The van der Waals surface area contributed by atoms with Crippen molar-refractivity contribution < 1.29 is 18.7 Å². The number of benzene rings is 1. The van der Waals surface area contributed by atoms with Gasteiger partial charge in [0, 0.05) is 18.0 Å². The Kier molecular flexibility index (Phi) is 6.26. The summed E-state index contributed by atoms with van der Waals surface area (Å²) < 4.78 is 16.3. The molecule has 3 rings (SSSR count). The first-order chi connectivity index (χ1) is 13.8. The van der Waals surface area contributed by atoms with Gasteiger partial charge < -0.3 is 24.9 Å². The summed E-state index contributed by atoms with van der Waals surface area (Å²) in [6.45, 7) is 1.68. The molecule has 29 heavy (non-hydrogen) atoms. The molecule has 0 spiro atoms. The standard InChI is InChI=1S/C19H18Cl2N4O4/c1-9(22)17-16(18(26)24-15-11(20)7-23-8-12(15)21)25-19(29-17)10-4-5-13(27-2)14(6-10)28-3/h4-9H,22H2,1-3H3,(H,23,24,26)/t9-/m0/s1. The van der Waals surface area contributed by atoms with E-state index < -0.39 is 11.9 Å². The molecule has 0 radical (unpaired) electrons. The van der Waals surface area contributed by atoms with Gasteiger partial charge >= 0.3 is 0 Å². The fourth-order valence-corrected chi connectivity index (χ4v) is 3.06. The molecule has 10 heteroatoms. The number of methoxy groups -OCH3 is 2. The van der Waals surface area contributed by atoms with E-state index in [4.69, 9.17) is 42.8 Å². The number of nitrogens with zero attached hydrogens (tertiary/aromatic N) is 2. The highest BCUT2D eigenvalue weighted by molar-refractivity contribution is 6.39. The Balaban J connectivity index is 2.00. The Morgan fingerprint density at radius 3 is 2.41 bits per heavy atom. The maximum atomic E-state index is 12.8. The van der Waals surface area contributed by atoms with Crippen LogP contribution in [0.4, 0.5) is 5.69 Å². The van der Waals surface area contributed by atoms with Gasteiger partial charge in [-0.15, -0.1) is 0 Å². The molecule has 152 valence electrons. The van der Waals surface area contributed by atoms with E-state index in [1.165, 1.54) is 26.6 Å². The van der Waals surface area contributed by atoms with Crippen molar-refractivity contribution in [3.63, 3.8) is 0 Å². The zero-order chi connectivity index (χ0) is 21.1. The Morgan fingerprint density at radius 2 is 1.83 bits per heavy atom. The lowest BCUT2D eigenvalue weighted by Gasteiger charge is -2.08. The molecule has 8 nitrogen and oxygen atoms in total. The van der Waals surface area contributed by atoms with E-state index in [0.29, 0.717) is 17.1 Å². The molecule has 0 saturated carbocycles. The first-order valence-corrected chi connectivity index (χ1v) is 9.20. The van der Waals surface area contributed by atoms with E-state index >= 15 is 0 Å². The molecule has 0 unspecified atom stereocenters. The normalized spacial score (nSPS) is 11.8. The minimum atomic E-state index is -0.583. The van der Waals surface area contributed by atoms with Crippen LogP contribution in [-0.2, 0) is 0 Å². The van der Waals surface area contributed by atoms with Crippen molar-refractivity contribution in [3.8, 4) is 23.0 Å². The first-order valence-electron chi connectivity index (χ1n) is 8.44. The average Bonchev–Trinajstić information content (AvgIpc) is 3.16. The van der Waals surface area contributed by atoms with Gasteiger partial charge in [0.1, 0.15) is 0 Å². The molecular formula is C19H18Cl2N4O4. The van der Waals surface area contributed by atoms with E-state index in [1.54, 1.807) is 25.1 Å². The molecule has 3 N–H and O–H groups in total. The summed E-state index contributed by atoms with van der Waals surface area (Å²) in [7, 11) is 3.06. The lowest BCUT2D eigenvalue weighted by atomic mass is 10.2. The summed E-state index contributed by atoms with van der Waals surface area (Å²) >= 11 is 12.1. The second-order valence-electron chi connectivity index (χ2n) is 6.02. The number of ether oxygens (including phenoxy) is 2. The van der Waals surface area contributed by atoms with Crippen LogP contribution >= 0.6 is 23.2 Å². The Hall–Kier alpha value is -2.81. The summed E-state index contributed by atoms with van der Waals surface area (Å²) in [4.78, 5) is 21.0. The molecule has 3 aromatic rings. The number of nitrogens with one attached hydrogen (secondary N) is 1. The average molecular weight is 437 g/mol. The van der Waals surface area contributed by atoms with Gasteiger partial charge in [-0.05, 0) is 25.1 Å². The number of hydrogen-bond acceptors (Lipinski definition) is 7. The monoisotopic (exact) mass is 436 g/mol. The van der Waals surface area contributed by atoms with Crippen molar-refractivity contribution in [2.24, 2.45) is 5.73 Å². The summed E-state index contributed by atoms with van der Waals surface area (Å²) in [6.07, 6.45) is 2.74. The SMILES string of the molecule is COc1ccc(-c2nc(C(=O)Nc3c(Cl)cncc3Cl)c([C@H](C)N)o2)cc1OC. The highest BCUT2D eigenvalue weighted by atomic mass is 35.5. The van der Waals surface area contributed by atoms with Gasteiger partial charge in [-0.25, -0.2) is 4.98 Å². The third kappa shape index (κ3) is 4.29. The van der Waals surface area contributed by atoms with E-state index in [9.17, 15) is 4.79 Å². The fraction of sp³-hybridized carbons (Fsp3) is 0.211. The predicted molar refractivity (Wildman–Crippen MR) is 110 cm³/mol. The first kappa shape index (κ1) is 20.9. The van der Waals surface area contributed by atoms with E-state index in [-0.39, 0.29) is 33.1 Å². The molecule has 0 aliphatic carbocycles. The molecule has 0 saturated heterocycles. The van der Waals surface area contributed by atoms with Crippen molar-refractivity contribution in [2.75, 3.05) is 19.5 Å². The lowest BCUT2D eigenvalue weighted by molar-refractivity contribution is 0.102. The van der Waals surface area contributed by atoms with Crippen LogP contribution in [0.25, 0.3) is 11.5 Å². The number of rotatable bonds is 6. The topological polar surface area (TPSA) is 112 Å². The maximum absolute atomic E-state index is 12.8. The van der Waals surface area contributed by atoms with Crippen molar-refractivity contribution >= 4 is 34.8 Å².